The average Bonchev–Trinajstić information content (AvgIpc) is 2.60. The predicted molar refractivity (Wildman–Crippen MR) is 92.5 cm³/mol. The lowest BCUT2D eigenvalue weighted by molar-refractivity contribution is -0.384. The summed E-state index contributed by atoms with van der Waals surface area (Å²) in [4.78, 5) is 24.9. The molecule has 0 spiro atoms. The van der Waals surface area contributed by atoms with Crippen molar-refractivity contribution in [2.24, 2.45) is 0 Å². The maximum Gasteiger partial charge on any atom is 0.271 e. The number of ether oxygens (including phenoxy) is 2. The Bertz CT molecular complexity index is 802. The van der Waals surface area contributed by atoms with Crippen LogP contribution in [0.1, 0.15) is 24.2 Å². The van der Waals surface area contributed by atoms with Crippen LogP contribution < -0.4 is 14.4 Å². The predicted octanol–water partition coefficient (Wildman–Crippen LogP) is 3.42. The number of nitro benzene ring substituents is 1. The maximum absolute atomic E-state index is 12.8. The summed E-state index contributed by atoms with van der Waals surface area (Å²) in [6.07, 6.45) is 0.0493. The first-order valence-electron chi connectivity index (χ1n) is 7.95. The first-order chi connectivity index (χ1) is 12.0. The number of benzene rings is 2. The number of hydrogen-bond donors (Lipinski definition) is 0. The third-order valence-electron chi connectivity index (χ3n) is 3.73. The van der Waals surface area contributed by atoms with Gasteiger partial charge in [0.2, 0.25) is 0 Å². The molecule has 0 saturated carbocycles. The molecule has 1 amide bonds. The molecule has 0 atom stereocenters. The van der Waals surface area contributed by atoms with Crippen LogP contribution in [-0.4, -0.2) is 30.1 Å². The lowest BCUT2D eigenvalue weighted by atomic mass is 10.1. The first-order valence-corrected chi connectivity index (χ1v) is 7.95. The molecule has 0 aromatic heterocycles. The largest absolute Gasteiger partial charge is 0.491 e. The Morgan fingerprint density at radius 1 is 1.24 bits per heavy atom. The highest BCUT2D eigenvalue weighted by Gasteiger charge is 2.26. The van der Waals surface area contributed by atoms with E-state index in [0.29, 0.717) is 35.9 Å². The smallest absolute Gasteiger partial charge is 0.271 e. The van der Waals surface area contributed by atoms with Crippen molar-refractivity contribution in [3.05, 3.63) is 58.1 Å². The number of carbonyl (C=O) groups is 1. The summed E-state index contributed by atoms with van der Waals surface area (Å²) in [7, 11) is 0. The van der Waals surface area contributed by atoms with Crippen LogP contribution in [0.4, 0.5) is 11.4 Å². The number of anilines is 1. The number of carbonyl (C=O) groups excluding carboxylic acids is 1. The number of amides is 1. The molecule has 1 aliphatic rings. The highest BCUT2D eigenvalue weighted by atomic mass is 16.6. The quantitative estimate of drug-likeness (QED) is 0.628. The number of fused-ring (bicyclic) bond motifs is 1. The topological polar surface area (TPSA) is 81.9 Å². The fourth-order valence-electron chi connectivity index (χ4n) is 2.63. The molecule has 2 aromatic carbocycles. The number of nitro groups is 1. The molecular formula is C18H18N2O5. The van der Waals surface area contributed by atoms with E-state index in [1.54, 1.807) is 24.3 Å². The second-order valence-corrected chi connectivity index (χ2v) is 5.91. The average molecular weight is 342 g/mol. The molecule has 7 nitrogen and oxygen atoms in total. The van der Waals surface area contributed by atoms with E-state index in [1.807, 2.05) is 13.8 Å². The van der Waals surface area contributed by atoms with Gasteiger partial charge in [-0.25, -0.2) is 0 Å². The summed E-state index contributed by atoms with van der Waals surface area (Å²) >= 11 is 0. The van der Waals surface area contributed by atoms with Crippen LogP contribution in [0.2, 0.25) is 0 Å². The van der Waals surface area contributed by atoms with Crippen molar-refractivity contribution in [3.63, 3.8) is 0 Å². The summed E-state index contributed by atoms with van der Waals surface area (Å²) in [5.41, 5.74) is 0.811. The second-order valence-electron chi connectivity index (χ2n) is 5.91. The van der Waals surface area contributed by atoms with E-state index in [-0.39, 0.29) is 17.7 Å². The zero-order chi connectivity index (χ0) is 18.0. The van der Waals surface area contributed by atoms with Crippen molar-refractivity contribution < 1.29 is 19.2 Å². The minimum Gasteiger partial charge on any atom is -0.491 e. The minimum absolute atomic E-state index is 0.0493. The Labute approximate surface area is 144 Å². The molecule has 0 radical (unpaired) electrons. The van der Waals surface area contributed by atoms with Crippen molar-refractivity contribution >= 4 is 17.3 Å². The molecule has 0 fully saturated rings. The molecular weight excluding hydrogens is 324 g/mol. The van der Waals surface area contributed by atoms with Gasteiger partial charge < -0.3 is 14.4 Å². The van der Waals surface area contributed by atoms with Crippen LogP contribution >= 0.6 is 0 Å². The van der Waals surface area contributed by atoms with E-state index >= 15 is 0 Å². The van der Waals surface area contributed by atoms with Crippen LogP contribution in [0.5, 0.6) is 11.5 Å². The van der Waals surface area contributed by atoms with Crippen LogP contribution in [0, 0.1) is 10.1 Å². The molecule has 0 unspecified atom stereocenters. The maximum atomic E-state index is 12.8. The summed E-state index contributed by atoms with van der Waals surface area (Å²) in [5, 5.41) is 11.0. The van der Waals surface area contributed by atoms with Gasteiger partial charge in [0.1, 0.15) is 18.1 Å². The van der Waals surface area contributed by atoms with E-state index in [0.717, 1.165) is 0 Å². The Morgan fingerprint density at radius 3 is 2.60 bits per heavy atom. The van der Waals surface area contributed by atoms with Gasteiger partial charge in [-0.05, 0) is 44.2 Å². The van der Waals surface area contributed by atoms with Gasteiger partial charge in [0.25, 0.3) is 11.6 Å². The van der Waals surface area contributed by atoms with E-state index < -0.39 is 4.92 Å². The minimum atomic E-state index is -0.490. The summed E-state index contributed by atoms with van der Waals surface area (Å²) in [6, 6.07) is 11.1. The van der Waals surface area contributed by atoms with Crippen molar-refractivity contribution in [1.82, 2.24) is 0 Å². The number of rotatable bonds is 4. The van der Waals surface area contributed by atoms with Crippen molar-refractivity contribution in [3.8, 4) is 11.5 Å². The third kappa shape index (κ3) is 3.55. The van der Waals surface area contributed by atoms with Gasteiger partial charge in [0.15, 0.2) is 0 Å². The molecule has 0 N–H and O–H groups in total. The van der Waals surface area contributed by atoms with Gasteiger partial charge in [-0.2, -0.15) is 0 Å². The Hall–Kier alpha value is -3.09. The molecule has 1 aliphatic heterocycles. The van der Waals surface area contributed by atoms with Gasteiger partial charge in [0, 0.05) is 17.7 Å². The summed E-state index contributed by atoms with van der Waals surface area (Å²) < 4.78 is 11.1. The molecule has 25 heavy (non-hydrogen) atoms. The van der Waals surface area contributed by atoms with E-state index in [9.17, 15) is 14.9 Å². The molecule has 0 bridgehead atoms. The van der Waals surface area contributed by atoms with Crippen LogP contribution in [-0.2, 0) is 0 Å². The van der Waals surface area contributed by atoms with E-state index in [4.69, 9.17) is 9.47 Å². The lowest BCUT2D eigenvalue weighted by Crippen LogP contribution is -2.38. The number of hydrogen-bond acceptors (Lipinski definition) is 5. The highest BCUT2D eigenvalue weighted by Crippen LogP contribution is 2.35. The number of nitrogens with zero attached hydrogens (tertiary/aromatic N) is 2. The van der Waals surface area contributed by atoms with E-state index in [1.165, 1.54) is 23.1 Å². The van der Waals surface area contributed by atoms with Crippen LogP contribution in [0.25, 0.3) is 0 Å². The third-order valence-corrected chi connectivity index (χ3v) is 3.73. The van der Waals surface area contributed by atoms with E-state index in [2.05, 4.69) is 0 Å². The fourth-order valence-corrected chi connectivity index (χ4v) is 2.63. The zero-order valence-corrected chi connectivity index (χ0v) is 14.0. The Morgan fingerprint density at radius 2 is 1.96 bits per heavy atom. The van der Waals surface area contributed by atoms with Gasteiger partial charge in [-0.15, -0.1) is 0 Å². The van der Waals surface area contributed by atoms with Gasteiger partial charge in [-0.3, -0.25) is 14.9 Å². The van der Waals surface area contributed by atoms with Crippen molar-refractivity contribution in [2.45, 2.75) is 20.0 Å². The van der Waals surface area contributed by atoms with Crippen LogP contribution in [0.15, 0.2) is 42.5 Å². The molecule has 0 saturated heterocycles. The Balaban J connectivity index is 1.88. The second kappa shape index (κ2) is 6.80. The molecule has 0 aliphatic carbocycles. The van der Waals surface area contributed by atoms with Gasteiger partial charge in [0.05, 0.1) is 23.3 Å². The van der Waals surface area contributed by atoms with Crippen LogP contribution in [0.3, 0.4) is 0 Å². The molecule has 130 valence electrons. The zero-order valence-electron chi connectivity index (χ0n) is 14.0. The molecule has 3 rings (SSSR count). The summed E-state index contributed by atoms with van der Waals surface area (Å²) in [6.45, 7) is 4.52. The van der Waals surface area contributed by atoms with Crippen molar-refractivity contribution in [1.29, 1.82) is 0 Å². The summed E-state index contributed by atoms with van der Waals surface area (Å²) in [5.74, 6) is 0.913. The molecule has 2 aromatic rings. The standard InChI is InChI=1S/C18H18N2O5/c1-12(2)25-15-6-3-13(4-7-15)18(21)19-9-10-24-17-8-5-14(20(22)23)11-16(17)19/h3-8,11-12H,9-10H2,1-2H3. The van der Waals surface area contributed by atoms with Gasteiger partial charge >= 0.3 is 0 Å². The first kappa shape index (κ1) is 16.8. The molecule has 1 heterocycles. The molecule has 7 heteroatoms. The highest BCUT2D eigenvalue weighted by molar-refractivity contribution is 6.07. The number of non-ortho nitro benzene ring substituents is 1. The van der Waals surface area contributed by atoms with Crippen molar-refractivity contribution in [2.75, 3.05) is 18.1 Å². The van der Waals surface area contributed by atoms with Gasteiger partial charge in [-0.1, -0.05) is 0 Å². The lowest BCUT2D eigenvalue weighted by Gasteiger charge is -2.29. The monoisotopic (exact) mass is 342 g/mol. The SMILES string of the molecule is CC(C)Oc1ccc(C(=O)N2CCOc3ccc([N+](=O)[O-])cc32)cc1. The normalized spacial score (nSPS) is 13.2. The Kier molecular flexibility index (Phi) is 4.56. The fraction of sp³-hybridized carbons (Fsp3) is 0.278.